The number of hydrogen-bond acceptors (Lipinski definition) is 5. The van der Waals surface area contributed by atoms with E-state index in [9.17, 15) is 9.18 Å². The van der Waals surface area contributed by atoms with Gasteiger partial charge in [-0.3, -0.25) is 9.69 Å². The summed E-state index contributed by atoms with van der Waals surface area (Å²) < 4.78 is 18.8. The number of carbonyl (C=O) groups is 1. The van der Waals surface area contributed by atoms with Gasteiger partial charge < -0.3 is 9.64 Å². The second-order valence-corrected chi connectivity index (χ2v) is 8.43. The Bertz CT molecular complexity index is 884. The summed E-state index contributed by atoms with van der Waals surface area (Å²) in [5.41, 5.74) is 1.38. The molecule has 4 rings (SSSR count). The lowest BCUT2D eigenvalue weighted by Crippen LogP contribution is -2.38. The van der Waals surface area contributed by atoms with Crippen LogP contribution in [0.4, 0.5) is 4.39 Å². The van der Waals surface area contributed by atoms with Gasteiger partial charge in [0.15, 0.2) is 0 Å². The van der Waals surface area contributed by atoms with Gasteiger partial charge in [0.25, 0.3) is 5.91 Å². The molecule has 2 saturated heterocycles. The highest BCUT2D eigenvalue weighted by atomic mass is 19.1. The molecule has 31 heavy (non-hydrogen) atoms. The van der Waals surface area contributed by atoms with E-state index in [1.807, 2.05) is 11.8 Å². The Hall–Kier alpha value is -2.54. The average molecular weight is 427 g/mol. The summed E-state index contributed by atoms with van der Waals surface area (Å²) in [6.07, 6.45) is 8.32. The van der Waals surface area contributed by atoms with Gasteiger partial charge in [-0.15, -0.1) is 0 Å². The van der Waals surface area contributed by atoms with Crippen LogP contribution in [0.25, 0.3) is 0 Å². The molecule has 0 spiro atoms. The highest BCUT2D eigenvalue weighted by Crippen LogP contribution is 2.29. The molecule has 0 radical (unpaired) electrons. The molecule has 166 valence electrons. The first-order chi connectivity index (χ1) is 15.1. The Morgan fingerprint density at radius 1 is 1.10 bits per heavy atom. The number of aryl methyl sites for hydroxylation is 1. The number of carbonyl (C=O) groups excluding carboxylic acids is 1. The molecule has 1 atom stereocenters. The van der Waals surface area contributed by atoms with Gasteiger partial charge >= 0.3 is 0 Å². The number of aromatic nitrogens is 2. The van der Waals surface area contributed by atoms with E-state index in [1.165, 1.54) is 18.6 Å². The zero-order valence-corrected chi connectivity index (χ0v) is 18.2. The molecule has 0 bridgehead atoms. The largest absolute Gasteiger partial charge is 0.492 e. The minimum absolute atomic E-state index is 0.0527. The van der Waals surface area contributed by atoms with Crippen molar-refractivity contribution >= 4 is 5.91 Å². The third-order valence-corrected chi connectivity index (χ3v) is 6.24. The molecule has 1 unspecified atom stereocenters. The number of nitrogens with zero attached hydrogens (tertiary/aromatic N) is 4. The summed E-state index contributed by atoms with van der Waals surface area (Å²) in [4.78, 5) is 26.5. The molecule has 2 aromatic rings. The van der Waals surface area contributed by atoms with Gasteiger partial charge in [0, 0.05) is 25.8 Å². The Labute approximate surface area is 183 Å². The van der Waals surface area contributed by atoms with Gasteiger partial charge in [0.2, 0.25) is 0 Å². The van der Waals surface area contributed by atoms with Crippen LogP contribution in [0.2, 0.25) is 0 Å². The lowest BCUT2D eigenvalue weighted by Gasteiger charge is -2.34. The predicted octanol–water partition coefficient (Wildman–Crippen LogP) is 4.16. The predicted molar refractivity (Wildman–Crippen MR) is 117 cm³/mol. The van der Waals surface area contributed by atoms with Crippen LogP contribution in [0, 0.1) is 12.7 Å². The summed E-state index contributed by atoms with van der Waals surface area (Å²) in [6, 6.07) is 6.23. The minimum atomic E-state index is -0.266. The van der Waals surface area contributed by atoms with E-state index in [0.29, 0.717) is 17.9 Å². The molecule has 2 aliphatic heterocycles. The molecule has 0 aliphatic carbocycles. The smallest absolute Gasteiger partial charge is 0.257 e. The standard InChI is InChI=1S/C24H31FN4O2/c1-18-21(24(30)29-13-4-2-5-14-29)17-26-23(27-18)22-7-3-6-12-28(22)15-16-31-20-10-8-19(25)9-11-20/h8-11,17,22H,2-7,12-16H2,1H3. The molecular weight excluding hydrogens is 395 g/mol. The number of amides is 1. The fourth-order valence-electron chi connectivity index (χ4n) is 4.49. The minimum Gasteiger partial charge on any atom is -0.492 e. The Kier molecular flexibility index (Phi) is 7.12. The molecule has 1 aromatic heterocycles. The lowest BCUT2D eigenvalue weighted by atomic mass is 10.0. The van der Waals surface area contributed by atoms with Crippen LogP contribution in [0.1, 0.15) is 66.4 Å². The number of ether oxygens (including phenoxy) is 1. The first kappa shape index (κ1) is 21.7. The second kappa shape index (κ2) is 10.2. The third-order valence-electron chi connectivity index (χ3n) is 6.24. The highest BCUT2D eigenvalue weighted by Gasteiger charge is 2.28. The molecule has 7 heteroatoms. The van der Waals surface area contributed by atoms with Crippen LogP contribution in [0.15, 0.2) is 30.5 Å². The fourth-order valence-corrected chi connectivity index (χ4v) is 4.49. The summed E-state index contributed by atoms with van der Waals surface area (Å²) in [5.74, 6) is 1.24. The van der Waals surface area contributed by atoms with Crippen LogP contribution in [-0.2, 0) is 0 Å². The van der Waals surface area contributed by atoms with E-state index < -0.39 is 0 Å². The van der Waals surface area contributed by atoms with E-state index >= 15 is 0 Å². The van der Waals surface area contributed by atoms with Crippen LogP contribution >= 0.6 is 0 Å². The number of rotatable bonds is 6. The molecule has 2 aliphatic rings. The van der Waals surface area contributed by atoms with E-state index in [0.717, 1.165) is 69.8 Å². The summed E-state index contributed by atoms with van der Waals surface area (Å²) in [6.45, 7) is 5.79. The zero-order valence-electron chi connectivity index (χ0n) is 18.2. The molecule has 1 aromatic carbocycles. The highest BCUT2D eigenvalue weighted by molar-refractivity contribution is 5.95. The van der Waals surface area contributed by atoms with Crippen molar-refractivity contribution in [1.29, 1.82) is 0 Å². The molecule has 0 N–H and O–H groups in total. The molecule has 1 amide bonds. The lowest BCUT2D eigenvalue weighted by molar-refractivity contribution is 0.0722. The quantitative estimate of drug-likeness (QED) is 0.694. The Morgan fingerprint density at radius 2 is 1.84 bits per heavy atom. The molecule has 6 nitrogen and oxygen atoms in total. The van der Waals surface area contributed by atoms with Crippen molar-refractivity contribution in [2.24, 2.45) is 0 Å². The van der Waals surface area contributed by atoms with Crippen molar-refractivity contribution in [2.75, 3.05) is 32.8 Å². The van der Waals surface area contributed by atoms with Crippen LogP contribution < -0.4 is 4.74 Å². The Morgan fingerprint density at radius 3 is 2.58 bits per heavy atom. The first-order valence-electron chi connectivity index (χ1n) is 11.4. The van der Waals surface area contributed by atoms with E-state index in [-0.39, 0.29) is 17.8 Å². The monoisotopic (exact) mass is 426 g/mol. The molecule has 0 saturated carbocycles. The molecule has 3 heterocycles. The van der Waals surface area contributed by atoms with E-state index in [1.54, 1.807) is 18.3 Å². The van der Waals surface area contributed by atoms with Crippen molar-refractivity contribution in [1.82, 2.24) is 19.8 Å². The van der Waals surface area contributed by atoms with Crippen molar-refractivity contribution in [3.05, 3.63) is 53.4 Å². The summed E-state index contributed by atoms with van der Waals surface area (Å²) >= 11 is 0. The summed E-state index contributed by atoms with van der Waals surface area (Å²) in [7, 11) is 0. The maximum Gasteiger partial charge on any atom is 0.257 e. The molecular formula is C24H31FN4O2. The van der Waals surface area contributed by atoms with Gasteiger partial charge in [-0.1, -0.05) is 6.42 Å². The number of halogens is 1. The van der Waals surface area contributed by atoms with Crippen LogP contribution in [0.3, 0.4) is 0 Å². The van der Waals surface area contributed by atoms with Crippen LogP contribution in [-0.4, -0.2) is 58.5 Å². The summed E-state index contributed by atoms with van der Waals surface area (Å²) in [5, 5.41) is 0. The van der Waals surface area contributed by atoms with Crippen molar-refractivity contribution in [3.8, 4) is 5.75 Å². The number of piperidine rings is 2. The van der Waals surface area contributed by atoms with E-state index in [4.69, 9.17) is 9.72 Å². The third kappa shape index (κ3) is 5.39. The zero-order chi connectivity index (χ0) is 21.6. The van der Waals surface area contributed by atoms with Gasteiger partial charge in [-0.05, 0) is 69.8 Å². The first-order valence-corrected chi connectivity index (χ1v) is 11.4. The topological polar surface area (TPSA) is 58.6 Å². The van der Waals surface area contributed by atoms with E-state index in [2.05, 4.69) is 9.88 Å². The van der Waals surface area contributed by atoms with Crippen molar-refractivity contribution in [3.63, 3.8) is 0 Å². The number of benzene rings is 1. The second-order valence-electron chi connectivity index (χ2n) is 8.43. The number of hydrogen-bond donors (Lipinski definition) is 0. The molecule has 2 fully saturated rings. The van der Waals surface area contributed by atoms with Crippen LogP contribution in [0.5, 0.6) is 5.75 Å². The SMILES string of the molecule is Cc1nc(C2CCCCN2CCOc2ccc(F)cc2)ncc1C(=O)N1CCCCC1. The van der Waals surface area contributed by atoms with Gasteiger partial charge in [-0.2, -0.15) is 0 Å². The maximum atomic E-state index is 13.1. The van der Waals surface area contributed by atoms with Gasteiger partial charge in [0.05, 0.1) is 17.3 Å². The number of likely N-dealkylation sites (tertiary alicyclic amines) is 2. The van der Waals surface area contributed by atoms with Gasteiger partial charge in [0.1, 0.15) is 24.0 Å². The van der Waals surface area contributed by atoms with Crippen molar-refractivity contribution in [2.45, 2.75) is 51.5 Å². The van der Waals surface area contributed by atoms with Gasteiger partial charge in [-0.25, -0.2) is 14.4 Å². The normalized spacial score (nSPS) is 19.9. The average Bonchev–Trinajstić information content (AvgIpc) is 2.81. The van der Waals surface area contributed by atoms with Crippen molar-refractivity contribution < 1.29 is 13.9 Å². The fraction of sp³-hybridized carbons (Fsp3) is 0.542. The maximum absolute atomic E-state index is 13.1. The Balaban J connectivity index is 1.40.